The largest absolute Gasteiger partial charge is 0.497 e. The molecule has 4 rings (SSSR count). The number of nitrogens with zero attached hydrogens (tertiary/aromatic N) is 1. The molecule has 1 aromatic heterocycles. The van der Waals surface area contributed by atoms with Gasteiger partial charge in [-0.1, -0.05) is 30.3 Å². The highest BCUT2D eigenvalue weighted by molar-refractivity contribution is 6.10. The second kappa shape index (κ2) is 11.0. The monoisotopic (exact) mass is 469 g/mol. The van der Waals surface area contributed by atoms with Crippen molar-refractivity contribution in [3.63, 3.8) is 0 Å². The van der Waals surface area contributed by atoms with Crippen LogP contribution < -0.4 is 20.7 Å². The summed E-state index contributed by atoms with van der Waals surface area (Å²) in [4.78, 5) is 32.3. The third-order valence-corrected chi connectivity index (χ3v) is 5.34. The van der Waals surface area contributed by atoms with Gasteiger partial charge >= 0.3 is 0 Å². The predicted octanol–water partition coefficient (Wildman–Crippen LogP) is 4.58. The summed E-state index contributed by atoms with van der Waals surface area (Å²) < 4.78 is 5.30. The molecule has 0 aliphatic heterocycles. The summed E-state index contributed by atoms with van der Waals surface area (Å²) in [5.41, 5.74) is 3.90. The number of amides is 2. The van der Waals surface area contributed by atoms with Crippen molar-refractivity contribution in [1.82, 2.24) is 10.3 Å². The fourth-order valence-electron chi connectivity index (χ4n) is 3.70. The molecule has 0 atom stereocenters. The first kappa shape index (κ1) is 23.6. The lowest BCUT2D eigenvalue weighted by Gasteiger charge is -2.13. The van der Waals surface area contributed by atoms with E-state index in [-0.39, 0.29) is 11.8 Å². The number of guanidine groups is 1. The number of ether oxygens (including phenoxy) is 1. The zero-order valence-electron chi connectivity index (χ0n) is 19.6. The maximum atomic E-state index is 13.0. The van der Waals surface area contributed by atoms with Gasteiger partial charge in [-0.3, -0.25) is 19.9 Å². The van der Waals surface area contributed by atoms with Gasteiger partial charge in [-0.25, -0.2) is 0 Å². The normalized spacial score (nSPS) is 11.2. The molecule has 178 valence electrons. The predicted molar refractivity (Wildman–Crippen MR) is 139 cm³/mol. The molecule has 1 heterocycles. The number of benzene rings is 3. The molecular formula is C27H27N5O3. The Morgan fingerprint density at radius 3 is 2.51 bits per heavy atom. The van der Waals surface area contributed by atoms with Crippen molar-refractivity contribution in [3.05, 3.63) is 90.1 Å². The second-order valence-corrected chi connectivity index (χ2v) is 7.91. The van der Waals surface area contributed by atoms with Crippen LogP contribution in [0, 0.1) is 0 Å². The number of carbonyl (C=O) groups excluding carboxylic acids is 2. The molecular weight excluding hydrogens is 442 g/mol. The first-order valence-electron chi connectivity index (χ1n) is 11.2. The number of hydrogen-bond donors (Lipinski definition) is 4. The average molecular weight is 470 g/mol. The van der Waals surface area contributed by atoms with Gasteiger partial charge in [0.1, 0.15) is 5.75 Å². The van der Waals surface area contributed by atoms with E-state index in [4.69, 9.17) is 4.74 Å². The van der Waals surface area contributed by atoms with E-state index in [9.17, 15) is 9.59 Å². The van der Waals surface area contributed by atoms with Crippen LogP contribution in [0.3, 0.4) is 0 Å². The molecule has 8 heteroatoms. The number of rotatable bonds is 7. The third-order valence-electron chi connectivity index (χ3n) is 5.34. The molecule has 35 heavy (non-hydrogen) atoms. The molecule has 8 nitrogen and oxygen atoms in total. The van der Waals surface area contributed by atoms with E-state index in [0.29, 0.717) is 35.9 Å². The van der Waals surface area contributed by atoms with Crippen LogP contribution in [0.15, 0.2) is 84.0 Å². The average Bonchev–Trinajstić information content (AvgIpc) is 3.27. The summed E-state index contributed by atoms with van der Waals surface area (Å²) in [7, 11) is 1.60. The van der Waals surface area contributed by atoms with E-state index < -0.39 is 0 Å². The molecule has 0 saturated carbocycles. The van der Waals surface area contributed by atoms with Gasteiger partial charge in [0.25, 0.3) is 5.91 Å². The van der Waals surface area contributed by atoms with Gasteiger partial charge in [0.2, 0.25) is 11.9 Å². The highest BCUT2D eigenvalue weighted by Crippen LogP contribution is 2.19. The van der Waals surface area contributed by atoms with Gasteiger partial charge in [0, 0.05) is 53.6 Å². The summed E-state index contributed by atoms with van der Waals surface area (Å²) in [5, 5.41) is 9.88. The fraction of sp³-hybridized carbons (Fsp3) is 0.148. The van der Waals surface area contributed by atoms with Crippen LogP contribution in [0.25, 0.3) is 10.9 Å². The van der Waals surface area contributed by atoms with E-state index in [0.717, 1.165) is 22.2 Å². The SMILES string of the molecule is COc1cccc(NC(=NCCc2c[nH]c3ccccc23)NC(=O)c2cccc(NC(C)=O)c2)c1. The van der Waals surface area contributed by atoms with Crippen LogP contribution in [0.4, 0.5) is 11.4 Å². The van der Waals surface area contributed by atoms with Crippen LogP contribution in [-0.4, -0.2) is 36.4 Å². The minimum Gasteiger partial charge on any atom is -0.497 e. The number of para-hydroxylation sites is 1. The number of fused-ring (bicyclic) bond motifs is 1. The topological polar surface area (TPSA) is 108 Å². The van der Waals surface area contributed by atoms with Crippen molar-refractivity contribution in [1.29, 1.82) is 0 Å². The highest BCUT2D eigenvalue weighted by atomic mass is 16.5. The van der Waals surface area contributed by atoms with Crippen LogP contribution in [0.5, 0.6) is 5.75 Å². The Hall–Kier alpha value is -4.59. The van der Waals surface area contributed by atoms with Crippen molar-refractivity contribution < 1.29 is 14.3 Å². The van der Waals surface area contributed by atoms with Gasteiger partial charge in [-0.15, -0.1) is 0 Å². The number of methoxy groups -OCH3 is 1. The Bertz CT molecular complexity index is 1380. The Labute approximate surface area is 203 Å². The molecule has 0 bridgehead atoms. The highest BCUT2D eigenvalue weighted by Gasteiger charge is 2.11. The van der Waals surface area contributed by atoms with Crippen molar-refractivity contribution in [2.75, 3.05) is 24.3 Å². The minimum absolute atomic E-state index is 0.207. The van der Waals surface area contributed by atoms with Crippen LogP contribution >= 0.6 is 0 Å². The molecule has 2 amide bonds. The Kier molecular flexibility index (Phi) is 7.42. The molecule has 3 aromatic carbocycles. The van der Waals surface area contributed by atoms with Crippen LogP contribution in [0.1, 0.15) is 22.8 Å². The first-order chi connectivity index (χ1) is 17.0. The van der Waals surface area contributed by atoms with E-state index in [2.05, 4.69) is 32.0 Å². The number of carbonyl (C=O) groups is 2. The van der Waals surface area contributed by atoms with Gasteiger partial charge in [0.05, 0.1) is 7.11 Å². The lowest BCUT2D eigenvalue weighted by atomic mass is 10.1. The quantitative estimate of drug-likeness (QED) is 0.235. The summed E-state index contributed by atoms with van der Waals surface area (Å²) in [5.74, 6) is 0.440. The molecule has 4 N–H and O–H groups in total. The number of H-pyrrole nitrogens is 1. The first-order valence-corrected chi connectivity index (χ1v) is 11.2. The summed E-state index contributed by atoms with van der Waals surface area (Å²) >= 11 is 0. The van der Waals surface area contributed by atoms with Crippen molar-refractivity contribution in [2.45, 2.75) is 13.3 Å². The second-order valence-electron chi connectivity index (χ2n) is 7.91. The fourth-order valence-corrected chi connectivity index (χ4v) is 3.70. The lowest BCUT2D eigenvalue weighted by molar-refractivity contribution is -0.114. The Morgan fingerprint density at radius 2 is 1.71 bits per heavy atom. The Balaban J connectivity index is 1.53. The number of aliphatic imine (C=N–C) groups is 1. The van der Waals surface area contributed by atoms with E-state index in [1.54, 1.807) is 31.4 Å². The van der Waals surface area contributed by atoms with Gasteiger partial charge in [-0.2, -0.15) is 0 Å². The van der Waals surface area contributed by atoms with E-state index in [1.165, 1.54) is 6.92 Å². The molecule has 0 aliphatic carbocycles. The molecule has 0 saturated heterocycles. The minimum atomic E-state index is -0.349. The molecule has 0 fully saturated rings. The summed E-state index contributed by atoms with van der Waals surface area (Å²) in [6, 6.07) is 22.2. The molecule has 0 aliphatic rings. The number of aromatic nitrogens is 1. The maximum Gasteiger partial charge on any atom is 0.258 e. The van der Waals surface area contributed by atoms with Crippen LogP contribution in [0.2, 0.25) is 0 Å². The number of anilines is 2. The smallest absolute Gasteiger partial charge is 0.258 e. The number of aromatic amines is 1. The van der Waals surface area contributed by atoms with Crippen molar-refractivity contribution >= 4 is 40.1 Å². The summed E-state index contributed by atoms with van der Waals surface area (Å²) in [6.07, 6.45) is 2.68. The van der Waals surface area contributed by atoms with Gasteiger partial charge < -0.3 is 20.4 Å². The van der Waals surface area contributed by atoms with Crippen LogP contribution in [-0.2, 0) is 11.2 Å². The molecule has 0 unspecified atom stereocenters. The Morgan fingerprint density at radius 1 is 0.943 bits per heavy atom. The standard InChI is InChI=1S/C27H27N5O3/c1-18(33)30-21-8-5-7-19(15-21)26(34)32-27(31-22-9-6-10-23(16-22)35-2)28-14-13-20-17-29-25-12-4-3-11-24(20)25/h3-12,15-17,29H,13-14H2,1-2H3,(H,30,33)(H2,28,31,32,34). The van der Waals surface area contributed by atoms with Gasteiger partial charge in [0.15, 0.2) is 0 Å². The lowest BCUT2D eigenvalue weighted by Crippen LogP contribution is -2.36. The maximum absolute atomic E-state index is 13.0. The van der Waals surface area contributed by atoms with E-state index in [1.807, 2.05) is 48.7 Å². The number of hydrogen-bond acceptors (Lipinski definition) is 4. The number of nitrogens with one attached hydrogen (secondary N) is 4. The van der Waals surface area contributed by atoms with Crippen molar-refractivity contribution in [2.24, 2.45) is 4.99 Å². The zero-order chi connectivity index (χ0) is 24.6. The molecule has 0 spiro atoms. The molecule has 4 aromatic rings. The zero-order valence-corrected chi connectivity index (χ0v) is 19.6. The van der Waals surface area contributed by atoms with E-state index >= 15 is 0 Å². The molecule has 0 radical (unpaired) electrons. The summed E-state index contributed by atoms with van der Waals surface area (Å²) in [6.45, 7) is 1.88. The van der Waals surface area contributed by atoms with Crippen molar-refractivity contribution in [3.8, 4) is 5.75 Å². The third kappa shape index (κ3) is 6.26. The van der Waals surface area contributed by atoms with Gasteiger partial charge in [-0.05, 0) is 48.4 Å².